The van der Waals surface area contributed by atoms with Crippen LogP contribution in [0.25, 0.3) is 0 Å². The van der Waals surface area contributed by atoms with Gasteiger partial charge in [-0.2, -0.15) is 15.5 Å². The number of aromatic nitrogens is 2. The van der Waals surface area contributed by atoms with E-state index in [-0.39, 0.29) is 18.4 Å². The molecule has 1 aliphatic carbocycles. The third-order valence-corrected chi connectivity index (χ3v) is 4.92. The Kier molecular flexibility index (Phi) is 5.29. The normalized spacial score (nSPS) is 17.2. The average molecular weight is 388 g/mol. The first-order valence-electron chi connectivity index (χ1n) is 9.53. The van der Waals surface area contributed by atoms with Gasteiger partial charge in [0.15, 0.2) is 0 Å². The number of ether oxygens (including phenoxy) is 1. The third-order valence-electron chi connectivity index (χ3n) is 4.92. The molecule has 2 aliphatic rings. The van der Waals surface area contributed by atoms with Gasteiger partial charge in [-0.1, -0.05) is 6.07 Å². The first kappa shape index (κ1) is 18.7. The molecule has 1 aromatic heterocycles. The molecule has 0 fully saturated rings. The van der Waals surface area contributed by atoms with Crippen molar-refractivity contribution in [2.45, 2.75) is 38.6 Å². The highest BCUT2D eigenvalue weighted by atomic mass is 16.5. The Morgan fingerprint density at radius 3 is 2.79 bits per heavy atom. The summed E-state index contributed by atoms with van der Waals surface area (Å²) in [6, 6.07) is 8.21. The predicted molar refractivity (Wildman–Crippen MR) is 108 cm³/mol. The Bertz CT molecular complexity index is 1040. The van der Waals surface area contributed by atoms with Crippen LogP contribution in [0.5, 0.6) is 0 Å². The molecule has 8 nitrogen and oxygen atoms in total. The molecule has 29 heavy (non-hydrogen) atoms. The van der Waals surface area contributed by atoms with Crippen LogP contribution in [0, 0.1) is 11.3 Å². The Balaban J connectivity index is 1.33. The van der Waals surface area contributed by atoms with Gasteiger partial charge in [-0.15, -0.1) is 0 Å². The minimum atomic E-state index is -0.294. The number of hydrogen-bond donors (Lipinski definition) is 1. The number of anilines is 1. The molecular formula is C21H20N6O2. The van der Waals surface area contributed by atoms with Crippen LogP contribution in [0.4, 0.5) is 5.95 Å². The van der Waals surface area contributed by atoms with Gasteiger partial charge in [0, 0.05) is 30.4 Å². The summed E-state index contributed by atoms with van der Waals surface area (Å²) in [5, 5.41) is 20.6. The summed E-state index contributed by atoms with van der Waals surface area (Å²) in [5.41, 5.74) is 5.35. The monoisotopic (exact) mass is 388 g/mol. The quantitative estimate of drug-likeness (QED) is 0.761. The van der Waals surface area contributed by atoms with Crippen LogP contribution >= 0.6 is 0 Å². The van der Waals surface area contributed by atoms with Crippen molar-refractivity contribution in [2.75, 3.05) is 11.9 Å². The molecule has 0 radical (unpaired) electrons. The fourth-order valence-electron chi connectivity index (χ4n) is 3.56. The second-order valence-electron chi connectivity index (χ2n) is 7.01. The minimum Gasteiger partial charge on any atom is -0.466 e. The highest BCUT2D eigenvalue weighted by Crippen LogP contribution is 2.25. The average Bonchev–Trinajstić information content (AvgIpc) is 3.34. The Morgan fingerprint density at radius 2 is 2.03 bits per heavy atom. The zero-order chi connectivity index (χ0) is 20.2. The van der Waals surface area contributed by atoms with Crippen LogP contribution in [0.3, 0.4) is 0 Å². The highest BCUT2D eigenvalue weighted by molar-refractivity contribution is 6.17. The van der Waals surface area contributed by atoms with Crippen LogP contribution in [-0.4, -0.2) is 40.0 Å². The molecule has 4 rings (SSSR count). The Hall–Kier alpha value is -3.60. The van der Waals surface area contributed by atoms with Crippen molar-refractivity contribution in [3.8, 4) is 6.07 Å². The fourth-order valence-corrected chi connectivity index (χ4v) is 3.56. The van der Waals surface area contributed by atoms with Gasteiger partial charge in [0.2, 0.25) is 5.95 Å². The maximum absolute atomic E-state index is 11.6. The number of esters is 1. The molecule has 1 unspecified atom stereocenters. The molecule has 0 saturated heterocycles. The van der Waals surface area contributed by atoms with Gasteiger partial charge in [-0.05, 0) is 43.0 Å². The molecule has 0 bridgehead atoms. The lowest BCUT2D eigenvalue weighted by atomic mass is 10.1. The second kappa shape index (κ2) is 8.19. The Morgan fingerprint density at radius 1 is 1.24 bits per heavy atom. The van der Waals surface area contributed by atoms with Gasteiger partial charge in [-0.25, -0.2) is 9.97 Å². The summed E-state index contributed by atoms with van der Waals surface area (Å²) >= 11 is 0. The minimum absolute atomic E-state index is 0.150. The van der Waals surface area contributed by atoms with Gasteiger partial charge < -0.3 is 10.1 Å². The van der Waals surface area contributed by atoms with Crippen molar-refractivity contribution in [2.24, 2.45) is 10.2 Å². The standard InChI is InChI=1S/C21H20N6O2/c1-2-29-20(28)9-18-8-19(27-26-18)16-11-23-21(24-12-16)25-17-6-14-4-3-13(10-22)5-15(14)7-17/h3-5,11-12,17H,2,6-9H2,1H3,(H,23,24,25). The lowest BCUT2D eigenvalue weighted by molar-refractivity contribution is -0.141. The molecule has 2 heterocycles. The van der Waals surface area contributed by atoms with E-state index in [0.717, 1.165) is 24.1 Å². The first-order chi connectivity index (χ1) is 14.1. The van der Waals surface area contributed by atoms with E-state index < -0.39 is 0 Å². The summed E-state index contributed by atoms with van der Waals surface area (Å²) in [6.45, 7) is 2.13. The molecular weight excluding hydrogens is 368 g/mol. The molecule has 2 aromatic rings. The zero-order valence-electron chi connectivity index (χ0n) is 16.1. The fraction of sp³-hybridized carbons (Fsp3) is 0.333. The molecule has 146 valence electrons. The summed E-state index contributed by atoms with van der Waals surface area (Å²) in [5.74, 6) is 0.260. The van der Waals surface area contributed by atoms with E-state index in [2.05, 4.69) is 31.6 Å². The number of carbonyl (C=O) groups is 1. The van der Waals surface area contributed by atoms with Crippen molar-refractivity contribution >= 4 is 23.3 Å². The maximum Gasteiger partial charge on any atom is 0.311 e. The van der Waals surface area contributed by atoms with E-state index in [1.807, 2.05) is 18.2 Å². The Labute approximate surface area is 168 Å². The van der Waals surface area contributed by atoms with E-state index in [9.17, 15) is 4.79 Å². The van der Waals surface area contributed by atoms with E-state index in [1.54, 1.807) is 19.3 Å². The van der Waals surface area contributed by atoms with Crippen molar-refractivity contribution in [1.82, 2.24) is 9.97 Å². The maximum atomic E-state index is 11.6. The lowest BCUT2D eigenvalue weighted by Gasteiger charge is -2.11. The number of nitrogens with one attached hydrogen (secondary N) is 1. The van der Waals surface area contributed by atoms with E-state index in [4.69, 9.17) is 10.00 Å². The predicted octanol–water partition coefficient (Wildman–Crippen LogP) is 2.43. The number of rotatable bonds is 6. The summed E-state index contributed by atoms with van der Waals surface area (Å²) in [7, 11) is 0. The van der Waals surface area contributed by atoms with Crippen LogP contribution < -0.4 is 5.32 Å². The highest BCUT2D eigenvalue weighted by Gasteiger charge is 2.23. The van der Waals surface area contributed by atoms with Crippen LogP contribution in [0.2, 0.25) is 0 Å². The van der Waals surface area contributed by atoms with Crippen LogP contribution in [0.1, 0.15) is 42.0 Å². The third kappa shape index (κ3) is 4.29. The number of carbonyl (C=O) groups excluding carboxylic acids is 1. The van der Waals surface area contributed by atoms with Crippen molar-refractivity contribution in [1.29, 1.82) is 5.26 Å². The van der Waals surface area contributed by atoms with Gasteiger partial charge in [0.05, 0.1) is 36.1 Å². The van der Waals surface area contributed by atoms with E-state index in [1.165, 1.54) is 11.1 Å². The largest absolute Gasteiger partial charge is 0.466 e. The molecule has 1 atom stereocenters. The molecule has 1 N–H and O–H groups in total. The number of nitrogens with zero attached hydrogens (tertiary/aromatic N) is 5. The summed E-state index contributed by atoms with van der Waals surface area (Å²) in [4.78, 5) is 20.4. The summed E-state index contributed by atoms with van der Waals surface area (Å²) < 4.78 is 4.94. The van der Waals surface area contributed by atoms with E-state index in [0.29, 0.717) is 30.3 Å². The number of nitriles is 1. The van der Waals surface area contributed by atoms with Crippen LogP contribution in [-0.2, 0) is 22.4 Å². The number of benzene rings is 1. The molecule has 0 amide bonds. The molecule has 1 aromatic carbocycles. The SMILES string of the molecule is CCOC(=O)CC1=NN=C(c2cnc(NC3Cc4ccc(C#N)cc4C3)nc2)C1. The van der Waals surface area contributed by atoms with Crippen LogP contribution in [0.15, 0.2) is 40.8 Å². The lowest BCUT2D eigenvalue weighted by Crippen LogP contribution is -2.21. The van der Waals surface area contributed by atoms with Gasteiger partial charge >= 0.3 is 5.97 Å². The number of hydrogen-bond acceptors (Lipinski definition) is 8. The van der Waals surface area contributed by atoms with Crippen molar-refractivity contribution in [3.63, 3.8) is 0 Å². The summed E-state index contributed by atoms with van der Waals surface area (Å²) in [6.07, 6.45) is 5.79. The van der Waals surface area contributed by atoms with Gasteiger partial charge in [0.25, 0.3) is 0 Å². The molecule has 0 spiro atoms. The van der Waals surface area contributed by atoms with Gasteiger partial charge in [0.1, 0.15) is 0 Å². The molecule has 0 saturated carbocycles. The zero-order valence-corrected chi connectivity index (χ0v) is 16.1. The molecule has 8 heteroatoms. The second-order valence-corrected chi connectivity index (χ2v) is 7.01. The molecule has 1 aliphatic heterocycles. The van der Waals surface area contributed by atoms with Crippen molar-refractivity contribution < 1.29 is 9.53 Å². The van der Waals surface area contributed by atoms with Gasteiger partial charge in [-0.3, -0.25) is 4.79 Å². The smallest absolute Gasteiger partial charge is 0.311 e. The van der Waals surface area contributed by atoms with Crippen molar-refractivity contribution in [3.05, 3.63) is 52.8 Å². The topological polar surface area (TPSA) is 113 Å². The first-order valence-corrected chi connectivity index (χ1v) is 9.53. The number of fused-ring (bicyclic) bond motifs is 1. The van der Waals surface area contributed by atoms with E-state index >= 15 is 0 Å².